The summed E-state index contributed by atoms with van der Waals surface area (Å²) in [5.74, 6) is 1.64. The lowest BCUT2D eigenvalue weighted by Gasteiger charge is -2.28. The third kappa shape index (κ3) is 2.57. The van der Waals surface area contributed by atoms with Gasteiger partial charge in [0, 0.05) is 11.8 Å². The van der Waals surface area contributed by atoms with Crippen molar-refractivity contribution in [2.75, 3.05) is 18.5 Å². The van der Waals surface area contributed by atoms with E-state index >= 15 is 0 Å². The molecule has 20 heavy (non-hydrogen) atoms. The topological polar surface area (TPSA) is 39.7 Å². The number of hydrogen-bond acceptors (Lipinski definition) is 4. The maximum atomic E-state index is 6.12. The van der Waals surface area contributed by atoms with Gasteiger partial charge in [0.05, 0.1) is 17.2 Å². The van der Waals surface area contributed by atoms with Crippen molar-refractivity contribution in [3.8, 4) is 11.5 Å². The molecule has 1 aromatic rings. The van der Waals surface area contributed by atoms with Crippen molar-refractivity contribution >= 4 is 5.69 Å². The van der Waals surface area contributed by atoms with E-state index in [4.69, 9.17) is 14.2 Å². The highest BCUT2D eigenvalue weighted by Gasteiger charge is 2.45. The van der Waals surface area contributed by atoms with E-state index in [1.807, 2.05) is 18.2 Å². The van der Waals surface area contributed by atoms with Crippen molar-refractivity contribution in [2.45, 2.75) is 51.4 Å². The Balaban J connectivity index is 1.78. The van der Waals surface area contributed by atoms with E-state index in [2.05, 4.69) is 33.0 Å². The average Bonchev–Trinajstić information content (AvgIpc) is 2.57. The zero-order valence-electron chi connectivity index (χ0n) is 12.7. The van der Waals surface area contributed by atoms with Crippen molar-refractivity contribution < 1.29 is 14.2 Å². The molecule has 0 spiro atoms. The van der Waals surface area contributed by atoms with Crippen molar-refractivity contribution in [3.63, 3.8) is 0 Å². The van der Waals surface area contributed by atoms with Gasteiger partial charge in [-0.3, -0.25) is 0 Å². The highest BCUT2D eigenvalue weighted by atomic mass is 16.6. The van der Waals surface area contributed by atoms with Crippen LogP contribution in [0.15, 0.2) is 18.2 Å². The van der Waals surface area contributed by atoms with Gasteiger partial charge in [-0.1, -0.05) is 0 Å². The first-order valence-corrected chi connectivity index (χ1v) is 7.22. The van der Waals surface area contributed by atoms with Crippen molar-refractivity contribution in [1.29, 1.82) is 0 Å². The lowest BCUT2D eigenvalue weighted by atomic mass is 9.94. The fourth-order valence-corrected chi connectivity index (χ4v) is 3.12. The summed E-state index contributed by atoms with van der Waals surface area (Å²) in [6, 6.07) is 6.29. The van der Waals surface area contributed by atoms with Gasteiger partial charge in [0.2, 0.25) is 0 Å². The molecular formula is C16H23NO3. The standard InChI is InChI=1S/C16H23NO3/c1-15(2)10-14(16(3,4)20-15)17-11-5-6-12-13(9-11)19-8-7-18-12/h5-6,9,14,17H,7-8,10H2,1-4H3. The minimum atomic E-state index is -0.184. The number of hydrogen-bond donors (Lipinski definition) is 1. The highest BCUT2D eigenvalue weighted by Crippen LogP contribution is 2.40. The summed E-state index contributed by atoms with van der Waals surface area (Å²) in [6.07, 6.45) is 0.981. The SMILES string of the molecule is CC1(C)CC(Nc2ccc3c(c2)OCCO3)C(C)(C)O1. The predicted molar refractivity (Wildman–Crippen MR) is 78.7 cm³/mol. The summed E-state index contributed by atoms with van der Waals surface area (Å²) >= 11 is 0. The summed E-state index contributed by atoms with van der Waals surface area (Å²) in [4.78, 5) is 0. The second-order valence-corrected chi connectivity index (χ2v) is 6.72. The lowest BCUT2D eigenvalue weighted by molar-refractivity contribution is -0.0662. The second kappa shape index (κ2) is 4.55. The summed E-state index contributed by atoms with van der Waals surface area (Å²) < 4.78 is 17.3. The van der Waals surface area contributed by atoms with Gasteiger partial charge in [-0.25, -0.2) is 0 Å². The van der Waals surface area contributed by atoms with Gasteiger partial charge in [0.1, 0.15) is 13.2 Å². The van der Waals surface area contributed by atoms with Crippen LogP contribution in [0.25, 0.3) is 0 Å². The highest BCUT2D eigenvalue weighted by molar-refractivity contribution is 5.56. The second-order valence-electron chi connectivity index (χ2n) is 6.72. The van der Waals surface area contributed by atoms with Crippen LogP contribution in [0.3, 0.4) is 0 Å². The number of benzene rings is 1. The van der Waals surface area contributed by atoms with Gasteiger partial charge in [0.25, 0.3) is 0 Å². The molecule has 1 atom stereocenters. The molecule has 0 aliphatic carbocycles. The first-order valence-electron chi connectivity index (χ1n) is 7.22. The molecule has 1 aromatic carbocycles. The molecule has 1 unspecified atom stereocenters. The van der Waals surface area contributed by atoms with Crippen LogP contribution >= 0.6 is 0 Å². The minimum Gasteiger partial charge on any atom is -0.486 e. The zero-order chi connectivity index (χ0) is 14.4. The number of rotatable bonds is 2. The van der Waals surface area contributed by atoms with Crippen LogP contribution < -0.4 is 14.8 Å². The lowest BCUT2D eigenvalue weighted by Crippen LogP contribution is -2.38. The van der Waals surface area contributed by atoms with Gasteiger partial charge in [-0.2, -0.15) is 0 Å². The van der Waals surface area contributed by atoms with Crippen LogP contribution in [0.5, 0.6) is 11.5 Å². The number of anilines is 1. The summed E-state index contributed by atoms with van der Waals surface area (Å²) in [5, 5.41) is 3.58. The van der Waals surface area contributed by atoms with E-state index in [-0.39, 0.29) is 17.2 Å². The van der Waals surface area contributed by atoms with E-state index in [9.17, 15) is 0 Å². The van der Waals surface area contributed by atoms with Gasteiger partial charge in [-0.05, 0) is 46.2 Å². The molecule has 1 N–H and O–H groups in total. The molecular weight excluding hydrogens is 254 g/mol. The van der Waals surface area contributed by atoms with E-state index in [1.54, 1.807) is 0 Å². The average molecular weight is 277 g/mol. The monoisotopic (exact) mass is 277 g/mol. The molecule has 1 saturated heterocycles. The van der Waals surface area contributed by atoms with Gasteiger partial charge in [0.15, 0.2) is 11.5 Å². The molecule has 0 aromatic heterocycles. The van der Waals surface area contributed by atoms with Crippen molar-refractivity contribution in [2.24, 2.45) is 0 Å². The van der Waals surface area contributed by atoms with E-state index < -0.39 is 0 Å². The van der Waals surface area contributed by atoms with Crippen LogP contribution in [0.2, 0.25) is 0 Å². The fraction of sp³-hybridized carbons (Fsp3) is 0.625. The molecule has 110 valence electrons. The van der Waals surface area contributed by atoms with Crippen LogP contribution in [0.1, 0.15) is 34.1 Å². The number of ether oxygens (including phenoxy) is 3. The molecule has 0 bridgehead atoms. The van der Waals surface area contributed by atoms with Crippen LogP contribution in [-0.4, -0.2) is 30.5 Å². The quantitative estimate of drug-likeness (QED) is 0.901. The van der Waals surface area contributed by atoms with Crippen molar-refractivity contribution in [1.82, 2.24) is 0 Å². The molecule has 4 nitrogen and oxygen atoms in total. The van der Waals surface area contributed by atoms with Gasteiger partial charge >= 0.3 is 0 Å². The van der Waals surface area contributed by atoms with Crippen LogP contribution in [0, 0.1) is 0 Å². The normalized spacial score (nSPS) is 26.3. The Hall–Kier alpha value is -1.42. The predicted octanol–water partition coefficient (Wildman–Crippen LogP) is 3.22. The van der Waals surface area contributed by atoms with E-state index in [0.717, 1.165) is 23.6 Å². The smallest absolute Gasteiger partial charge is 0.163 e. The maximum absolute atomic E-state index is 6.12. The molecule has 4 heteroatoms. The molecule has 2 heterocycles. The van der Waals surface area contributed by atoms with Gasteiger partial charge in [-0.15, -0.1) is 0 Å². The van der Waals surface area contributed by atoms with Gasteiger partial charge < -0.3 is 19.5 Å². The molecule has 0 saturated carbocycles. The van der Waals surface area contributed by atoms with E-state index in [0.29, 0.717) is 13.2 Å². The fourth-order valence-electron chi connectivity index (χ4n) is 3.12. The van der Waals surface area contributed by atoms with Crippen LogP contribution in [0.4, 0.5) is 5.69 Å². The summed E-state index contributed by atoms with van der Waals surface area (Å²) in [7, 11) is 0. The molecule has 0 amide bonds. The third-order valence-corrected chi connectivity index (χ3v) is 3.96. The Morgan fingerprint density at radius 3 is 2.40 bits per heavy atom. The van der Waals surface area contributed by atoms with E-state index in [1.165, 1.54) is 0 Å². The third-order valence-electron chi connectivity index (χ3n) is 3.96. The Labute approximate surface area is 120 Å². The first-order chi connectivity index (χ1) is 9.36. The van der Waals surface area contributed by atoms with Crippen LogP contribution in [-0.2, 0) is 4.74 Å². The zero-order valence-corrected chi connectivity index (χ0v) is 12.7. The Bertz CT molecular complexity index is 510. The molecule has 2 aliphatic rings. The Morgan fingerprint density at radius 1 is 1.05 bits per heavy atom. The van der Waals surface area contributed by atoms with Crippen molar-refractivity contribution in [3.05, 3.63) is 18.2 Å². The maximum Gasteiger partial charge on any atom is 0.163 e. The summed E-state index contributed by atoms with van der Waals surface area (Å²) in [5.41, 5.74) is 0.778. The molecule has 0 radical (unpaired) electrons. The summed E-state index contributed by atoms with van der Waals surface area (Å²) in [6.45, 7) is 9.79. The molecule has 3 rings (SSSR count). The number of nitrogens with one attached hydrogen (secondary N) is 1. The largest absolute Gasteiger partial charge is 0.486 e. The Morgan fingerprint density at radius 2 is 1.75 bits per heavy atom. The first kappa shape index (κ1) is 13.6. The molecule has 1 fully saturated rings. The Kier molecular flexibility index (Phi) is 3.09. The minimum absolute atomic E-state index is 0.0883. The molecule has 2 aliphatic heterocycles. The number of fused-ring (bicyclic) bond motifs is 1.